The molecule has 0 saturated heterocycles. The van der Waals surface area contributed by atoms with Crippen LogP contribution in [-0.2, 0) is 6.54 Å². The molecular formula is C7H14N4. The maximum absolute atomic E-state index is 3.98. The minimum absolute atomic E-state index is 0.533. The molecule has 0 bridgehead atoms. The molecular weight excluding hydrogens is 140 g/mol. The topological polar surface area (TPSA) is 42.7 Å². The lowest BCUT2D eigenvalue weighted by atomic mass is 10.4. The van der Waals surface area contributed by atoms with Gasteiger partial charge in [0.2, 0.25) is 0 Å². The average molecular weight is 154 g/mol. The van der Waals surface area contributed by atoms with Crippen LogP contribution in [0.25, 0.3) is 0 Å². The highest BCUT2D eigenvalue weighted by Crippen LogP contribution is 1.79. The van der Waals surface area contributed by atoms with Crippen LogP contribution in [0, 0.1) is 0 Å². The molecule has 0 aliphatic rings. The second kappa shape index (κ2) is 4.08. The highest BCUT2D eigenvalue weighted by Gasteiger charge is 1.92. The number of rotatable bonds is 4. The van der Waals surface area contributed by atoms with E-state index in [2.05, 4.69) is 29.4 Å². The molecule has 0 fully saturated rings. The van der Waals surface area contributed by atoms with Gasteiger partial charge in [0.1, 0.15) is 0 Å². The number of nitrogens with one attached hydrogen (secondary N) is 1. The van der Waals surface area contributed by atoms with E-state index in [1.54, 1.807) is 17.2 Å². The molecule has 0 saturated carbocycles. The molecule has 1 heterocycles. The molecule has 0 unspecified atom stereocenters. The summed E-state index contributed by atoms with van der Waals surface area (Å²) < 4.78 is 0. The zero-order valence-electron chi connectivity index (χ0n) is 6.99. The highest BCUT2D eigenvalue weighted by molar-refractivity contribution is 4.60. The van der Waals surface area contributed by atoms with E-state index in [9.17, 15) is 0 Å². The third-order valence-electron chi connectivity index (χ3n) is 1.33. The molecule has 0 aliphatic carbocycles. The van der Waals surface area contributed by atoms with Gasteiger partial charge >= 0.3 is 0 Å². The summed E-state index contributed by atoms with van der Waals surface area (Å²) in [6.07, 6.45) is 3.38. The van der Waals surface area contributed by atoms with Crippen LogP contribution in [0.2, 0.25) is 0 Å². The van der Waals surface area contributed by atoms with Crippen LogP contribution < -0.4 is 5.32 Å². The normalized spacial score (nSPS) is 10.8. The molecule has 4 nitrogen and oxygen atoms in total. The number of aromatic nitrogens is 3. The molecule has 62 valence electrons. The zero-order chi connectivity index (χ0) is 8.10. The Balaban J connectivity index is 2.14. The molecule has 0 aromatic carbocycles. The van der Waals surface area contributed by atoms with E-state index in [4.69, 9.17) is 0 Å². The lowest BCUT2D eigenvalue weighted by Gasteiger charge is -2.06. The van der Waals surface area contributed by atoms with Gasteiger partial charge in [0.15, 0.2) is 0 Å². The first-order valence-electron chi connectivity index (χ1n) is 3.86. The predicted octanol–water partition coefficient (Wildman–Crippen LogP) is 0.276. The monoisotopic (exact) mass is 154 g/mol. The van der Waals surface area contributed by atoms with Gasteiger partial charge in [-0.1, -0.05) is 13.8 Å². The van der Waals surface area contributed by atoms with Crippen molar-refractivity contribution in [2.24, 2.45) is 0 Å². The van der Waals surface area contributed by atoms with Crippen LogP contribution in [0.4, 0.5) is 0 Å². The molecule has 0 amide bonds. The third kappa shape index (κ3) is 3.13. The fraction of sp³-hybridized carbons (Fsp3) is 0.714. The second-order valence-corrected chi connectivity index (χ2v) is 2.73. The van der Waals surface area contributed by atoms with Crippen molar-refractivity contribution in [3.63, 3.8) is 0 Å². The zero-order valence-corrected chi connectivity index (χ0v) is 6.99. The molecule has 1 aromatic heterocycles. The van der Waals surface area contributed by atoms with Gasteiger partial charge in [-0.25, -0.2) is 0 Å². The van der Waals surface area contributed by atoms with E-state index in [1.165, 1.54) is 0 Å². The summed E-state index contributed by atoms with van der Waals surface area (Å²) in [5, 5.41) is 11.2. The molecule has 4 heteroatoms. The fourth-order valence-electron chi connectivity index (χ4n) is 0.812. The standard InChI is InChI=1S/C7H14N4/c1-7(2)8-5-6-11-9-3-4-10-11/h3-4,7-8H,5-6H2,1-2H3. The predicted molar refractivity (Wildman–Crippen MR) is 43.2 cm³/mol. The highest BCUT2D eigenvalue weighted by atomic mass is 15.5. The first kappa shape index (κ1) is 8.20. The van der Waals surface area contributed by atoms with Gasteiger partial charge in [-0.15, -0.1) is 0 Å². The Hall–Kier alpha value is -0.900. The molecule has 1 rings (SSSR count). The first-order chi connectivity index (χ1) is 5.29. The smallest absolute Gasteiger partial charge is 0.0731 e. The number of nitrogens with zero attached hydrogens (tertiary/aromatic N) is 3. The van der Waals surface area contributed by atoms with Crippen molar-refractivity contribution in [1.29, 1.82) is 0 Å². The molecule has 11 heavy (non-hydrogen) atoms. The maximum atomic E-state index is 3.98. The van der Waals surface area contributed by atoms with Crippen molar-refractivity contribution in [3.8, 4) is 0 Å². The lowest BCUT2D eigenvalue weighted by molar-refractivity contribution is 0.478. The summed E-state index contributed by atoms with van der Waals surface area (Å²) in [6, 6.07) is 0.533. The number of hydrogen-bond acceptors (Lipinski definition) is 3. The van der Waals surface area contributed by atoms with E-state index >= 15 is 0 Å². The van der Waals surface area contributed by atoms with E-state index in [-0.39, 0.29) is 0 Å². The second-order valence-electron chi connectivity index (χ2n) is 2.73. The molecule has 1 N–H and O–H groups in total. The lowest BCUT2D eigenvalue weighted by Crippen LogP contribution is -2.27. The Kier molecular flexibility index (Phi) is 3.04. The summed E-state index contributed by atoms with van der Waals surface area (Å²) in [6.45, 7) is 6.00. The molecule has 0 aliphatic heterocycles. The quantitative estimate of drug-likeness (QED) is 0.677. The van der Waals surface area contributed by atoms with Gasteiger partial charge in [-0.2, -0.15) is 15.0 Å². The maximum Gasteiger partial charge on any atom is 0.0731 e. The Bertz CT molecular complexity index is 180. The summed E-state index contributed by atoms with van der Waals surface area (Å²) >= 11 is 0. The molecule has 1 aromatic rings. The van der Waals surface area contributed by atoms with Gasteiger partial charge < -0.3 is 5.32 Å². The minimum Gasteiger partial charge on any atom is -0.313 e. The van der Waals surface area contributed by atoms with Crippen molar-refractivity contribution in [2.75, 3.05) is 6.54 Å². The van der Waals surface area contributed by atoms with E-state index in [1.807, 2.05) is 0 Å². The molecule has 0 spiro atoms. The van der Waals surface area contributed by atoms with Gasteiger partial charge in [0.05, 0.1) is 18.9 Å². The summed E-state index contributed by atoms with van der Waals surface area (Å²) in [4.78, 5) is 1.68. The Labute approximate surface area is 66.6 Å². The van der Waals surface area contributed by atoms with E-state index in [0.717, 1.165) is 13.1 Å². The summed E-state index contributed by atoms with van der Waals surface area (Å²) in [5.74, 6) is 0. The summed E-state index contributed by atoms with van der Waals surface area (Å²) in [7, 11) is 0. The van der Waals surface area contributed by atoms with Gasteiger partial charge in [-0.3, -0.25) is 0 Å². The molecule has 0 radical (unpaired) electrons. The Morgan fingerprint density at radius 2 is 2.00 bits per heavy atom. The SMILES string of the molecule is CC(C)NCCn1nccn1. The Morgan fingerprint density at radius 3 is 2.55 bits per heavy atom. The average Bonchev–Trinajstić information content (AvgIpc) is 2.39. The van der Waals surface area contributed by atoms with E-state index < -0.39 is 0 Å². The van der Waals surface area contributed by atoms with E-state index in [0.29, 0.717) is 6.04 Å². The van der Waals surface area contributed by atoms with Gasteiger partial charge in [-0.05, 0) is 0 Å². The van der Waals surface area contributed by atoms with Gasteiger partial charge in [0.25, 0.3) is 0 Å². The van der Waals surface area contributed by atoms with Crippen molar-refractivity contribution in [1.82, 2.24) is 20.3 Å². The number of hydrogen-bond donors (Lipinski definition) is 1. The van der Waals surface area contributed by atoms with Crippen LogP contribution in [0.5, 0.6) is 0 Å². The largest absolute Gasteiger partial charge is 0.313 e. The third-order valence-corrected chi connectivity index (χ3v) is 1.33. The van der Waals surface area contributed by atoms with Crippen LogP contribution in [0.3, 0.4) is 0 Å². The van der Waals surface area contributed by atoms with Gasteiger partial charge in [0, 0.05) is 12.6 Å². The van der Waals surface area contributed by atoms with Crippen LogP contribution >= 0.6 is 0 Å². The molecule has 0 atom stereocenters. The van der Waals surface area contributed by atoms with Crippen LogP contribution in [-0.4, -0.2) is 27.6 Å². The van der Waals surface area contributed by atoms with Crippen LogP contribution in [0.15, 0.2) is 12.4 Å². The van der Waals surface area contributed by atoms with Crippen LogP contribution in [0.1, 0.15) is 13.8 Å². The fourth-order valence-corrected chi connectivity index (χ4v) is 0.812. The van der Waals surface area contributed by atoms with Crippen molar-refractivity contribution < 1.29 is 0 Å². The Morgan fingerprint density at radius 1 is 1.36 bits per heavy atom. The first-order valence-corrected chi connectivity index (χ1v) is 3.86. The summed E-state index contributed by atoms with van der Waals surface area (Å²) in [5.41, 5.74) is 0. The van der Waals surface area contributed by atoms with Crippen molar-refractivity contribution in [2.45, 2.75) is 26.4 Å². The van der Waals surface area contributed by atoms with Crippen molar-refractivity contribution >= 4 is 0 Å². The van der Waals surface area contributed by atoms with Crippen molar-refractivity contribution in [3.05, 3.63) is 12.4 Å². The minimum atomic E-state index is 0.533.